The van der Waals surface area contributed by atoms with Gasteiger partial charge in [-0.05, 0) is 58.2 Å². The first-order chi connectivity index (χ1) is 8.65. The van der Waals surface area contributed by atoms with E-state index in [1.807, 2.05) is 0 Å². The fraction of sp³-hybridized carbons (Fsp3) is 0.625. The highest BCUT2D eigenvalue weighted by molar-refractivity contribution is 5.37. The average Bonchev–Trinajstić information content (AvgIpc) is 2.33. The molecule has 1 aliphatic heterocycles. The third-order valence-electron chi connectivity index (χ3n) is 3.46. The monoisotopic (exact) mass is 247 g/mol. The maximum absolute atomic E-state index is 5.91. The minimum Gasteiger partial charge on any atom is -0.491 e. The topological polar surface area (TPSA) is 21.3 Å². The average molecular weight is 247 g/mol. The molecule has 1 fully saturated rings. The molecule has 1 unspecified atom stereocenters. The summed E-state index contributed by atoms with van der Waals surface area (Å²) in [7, 11) is 0. The summed E-state index contributed by atoms with van der Waals surface area (Å²) in [5.74, 6) is 1.06. The first-order valence-electron chi connectivity index (χ1n) is 7.14. The lowest BCUT2D eigenvalue weighted by molar-refractivity contribution is 0.238. The number of hydrogen-bond acceptors (Lipinski definition) is 2. The van der Waals surface area contributed by atoms with Crippen molar-refractivity contribution in [1.82, 2.24) is 5.32 Å². The first-order valence-corrected chi connectivity index (χ1v) is 7.14. The number of nitrogens with one attached hydrogen (secondary N) is 1. The van der Waals surface area contributed by atoms with Crippen molar-refractivity contribution in [2.45, 2.75) is 58.6 Å². The van der Waals surface area contributed by atoms with Gasteiger partial charge in [-0.1, -0.05) is 24.1 Å². The van der Waals surface area contributed by atoms with Crippen molar-refractivity contribution in [1.29, 1.82) is 0 Å². The minimum atomic E-state index is 0.241. The molecule has 1 aromatic carbocycles. The molecule has 2 rings (SSSR count). The van der Waals surface area contributed by atoms with E-state index in [9.17, 15) is 0 Å². The quantitative estimate of drug-likeness (QED) is 0.879. The summed E-state index contributed by atoms with van der Waals surface area (Å²) < 4.78 is 5.91. The fourth-order valence-corrected chi connectivity index (χ4v) is 2.60. The zero-order chi connectivity index (χ0) is 13.0. The molecule has 0 saturated carbocycles. The van der Waals surface area contributed by atoms with Gasteiger partial charge in [-0.2, -0.15) is 0 Å². The Bertz CT molecular complexity index is 381. The molecule has 0 radical (unpaired) electrons. The Morgan fingerprint density at radius 2 is 2.17 bits per heavy atom. The van der Waals surface area contributed by atoms with Gasteiger partial charge in [0.15, 0.2) is 0 Å². The van der Waals surface area contributed by atoms with Gasteiger partial charge in [0, 0.05) is 6.04 Å². The van der Waals surface area contributed by atoms with E-state index in [1.54, 1.807) is 0 Å². The van der Waals surface area contributed by atoms with E-state index >= 15 is 0 Å². The molecule has 1 aliphatic rings. The Morgan fingerprint density at radius 3 is 2.83 bits per heavy atom. The number of aryl methyl sites for hydroxylation is 1. The second-order valence-corrected chi connectivity index (χ2v) is 5.63. The normalized spacial score (nSPS) is 20.1. The fourth-order valence-electron chi connectivity index (χ4n) is 2.60. The smallest absolute Gasteiger partial charge is 0.122 e. The van der Waals surface area contributed by atoms with E-state index in [4.69, 9.17) is 4.74 Å². The number of benzene rings is 1. The van der Waals surface area contributed by atoms with Gasteiger partial charge in [-0.3, -0.25) is 0 Å². The van der Waals surface area contributed by atoms with Crippen LogP contribution in [0.1, 0.15) is 44.2 Å². The minimum absolute atomic E-state index is 0.241. The zero-order valence-electron chi connectivity index (χ0n) is 11.8. The molecule has 1 heterocycles. The molecule has 0 aromatic heterocycles. The highest BCUT2D eigenvalue weighted by Crippen LogP contribution is 2.24. The molecule has 2 nitrogen and oxygen atoms in total. The molecule has 0 spiro atoms. The molecule has 100 valence electrons. The Balaban J connectivity index is 2.10. The van der Waals surface area contributed by atoms with Crippen LogP contribution < -0.4 is 10.1 Å². The molecule has 0 aliphatic carbocycles. The Kier molecular flexibility index (Phi) is 4.65. The van der Waals surface area contributed by atoms with Gasteiger partial charge in [-0.15, -0.1) is 0 Å². The number of hydrogen-bond donors (Lipinski definition) is 1. The van der Waals surface area contributed by atoms with E-state index in [-0.39, 0.29) is 6.10 Å². The predicted octanol–water partition coefficient (Wildman–Crippen LogP) is 3.47. The summed E-state index contributed by atoms with van der Waals surface area (Å²) in [5.41, 5.74) is 2.67. The maximum atomic E-state index is 5.91. The molecule has 0 amide bonds. The van der Waals surface area contributed by atoms with Crippen LogP contribution in [0.15, 0.2) is 18.2 Å². The number of piperidine rings is 1. The van der Waals surface area contributed by atoms with Crippen LogP contribution in [0.5, 0.6) is 5.75 Å². The molecule has 1 saturated heterocycles. The van der Waals surface area contributed by atoms with Gasteiger partial charge in [-0.25, -0.2) is 0 Å². The van der Waals surface area contributed by atoms with E-state index in [1.165, 1.54) is 30.4 Å². The van der Waals surface area contributed by atoms with Gasteiger partial charge < -0.3 is 10.1 Å². The van der Waals surface area contributed by atoms with Crippen molar-refractivity contribution in [2.75, 3.05) is 6.54 Å². The largest absolute Gasteiger partial charge is 0.491 e. The molecule has 18 heavy (non-hydrogen) atoms. The lowest BCUT2D eigenvalue weighted by atomic mass is 9.96. The summed E-state index contributed by atoms with van der Waals surface area (Å²) in [4.78, 5) is 0. The van der Waals surface area contributed by atoms with E-state index in [0.29, 0.717) is 6.04 Å². The second-order valence-electron chi connectivity index (χ2n) is 5.63. The van der Waals surface area contributed by atoms with Gasteiger partial charge >= 0.3 is 0 Å². The van der Waals surface area contributed by atoms with Gasteiger partial charge in [0.05, 0.1) is 6.10 Å². The van der Waals surface area contributed by atoms with Crippen LogP contribution in [-0.2, 0) is 6.42 Å². The van der Waals surface area contributed by atoms with Crippen LogP contribution >= 0.6 is 0 Å². The van der Waals surface area contributed by atoms with Crippen LogP contribution in [0.2, 0.25) is 0 Å². The van der Waals surface area contributed by atoms with Gasteiger partial charge in [0.25, 0.3) is 0 Å². The summed E-state index contributed by atoms with van der Waals surface area (Å²) in [6, 6.07) is 7.15. The molecule has 1 atom stereocenters. The van der Waals surface area contributed by atoms with E-state index in [0.717, 1.165) is 18.7 Å². The summed E-state index contributed by atoms with van der Waals surface area (Å²) in [5, 5.41) is 3.61. The van der Waals surface area contributed by atoms with Crippen molar-refractivity contribution in [2.24, 2.45) is 0 Å². The third kappa shape index (κ3) is 3.74. The van der Waals surface area contributed by atoms with Crippen molar-refractivity contribution in [3.8, 4) is 5.75 Å². The van der Waals surface area contributed by atoms with Crippen molar-refractivity contribution >= 4 is 0 Å². The Labute approximate surface area is 111 Å². The Hall–Kier alpha value is -1.02. The second kappa shape index (κ2) is 6.24. The summed E-state index contributed by atoms with van der Waals surface area (Å²) in [6.45, 7) is 7.48. The van der Waals surface area contributed by atoms with Crippen molar-refractivity contribution < 1.29 is 4.74 Å². The Morgan fingerprint density at radius 1 is 1.33 bits per heavy atom. The first kappa shape index (κ1) is 13.4. The molecular weight excluding hydrogens is 222 g/mol. The van der Waals surface area contributed by atoms with Crippen LogP contribution in [-0.4, -0.2) is 18.7 Å². The van der Waals surface area contributed by atoms with Crippen LogP contribution in [0, 0.1) is 6.92 Å². The standard InChI is InChI=1S/C16H25NO/c1-12(2)18-16-8-7-13(3)10-14(16)11-15-6-4-5-9-17-15/h7-8,10,12,15,17H,4-6,9,11H2,1-3H3. The van der Waals surface area contributed by atoms with Crippen LogP contribution in [0.25, 0.3) is 0 Å². The molecule has 0 bridgehead atoms. The summed E-state index contributed by atoms with van der Waals surface area (Å²) in [6.07, 6.45) is 5.29. The van der Waals surface area contributed by atoms with Gasteiger partial charge in [0.1, 0.15) is 5.75 Å². The maximum Gasteiger partial charge on any atom is 0.122 e. The van der Waals surface area contributed by atoms with Crippen LogP contribution in [0.3, 0.4) is 0 Å². The predicted molar refractivity (Wildman–Crippen MR) is 76.3 cm³/mol. The summed E-state index contributed by atoms with van der Waals surface area (Å²) >= 11 is 0. The SMILES string of the molecule is Cc1ccc(OC(C)C)c(CC2CCCCN2)c1. The number of rotatable bonds is 4. The molecule has 1 N–H and O–H groups in total. The van der Waals surface area contributed by atoms with Crippen molar-refractivity contribution in [3.63, 3.8) is 0 Å². The molecular formula is C16H25NO. The molecule has 2 heteroatoms. The van der Waals surface area contributed by atoms with Crippen molar-refractivity contribution in [3.05, 3.63) is 29.3 Å². The zero-order valence-corrected chi connectivity index (χ0v) is 11.8. The highest BCUT2D eigenvalue weighted by Gasteiger charge is 2.16. The lowest BCUT2D eigenvalue weighted by Gasteiger charge is -2.25. The highest BCUT2D eigenvalue weighted by atomic mass is 16.5. The number of ether oxygens (including phenoxy) is 1. The van der Waals surface area contributed by atoms with Gasteiger partial charge in [0.2, 0.25) is 0 Å². The van der Waals surface area contributed by atoms with E-state index < -0.39 is 0 Å². The van der Waals surface area contributed by atoms with Crippen LogP contribution in [0.4, 0.5) is 0 Å². The third-order valence-corrected chi connectivity index (χ3v) is 3.46. The van der Waals surface area contributed by atoms with E-state index in [2.05, 4.69) is 44.3 Å². The lowest BCUT2D eigenvalue weighted by Crippen LogP contribution is -2.35. The molecule has 1 aromatic rings.